The topological polar surface area (TPSA) is 44.8 Å². The first-order valence-electron chi connectivity index (χ1n) is 9.36. The smallest absolute Gasteiger partial charge is 0.373 e. The van der Waals surface area contributed by atoms with Crippen molar-refractivity contribution in [2.24, 2.45) is 0 Å². The third-order valence-electron chi connectivity index (χ3n) is 4.91. The van der Waals surface area contributed by atoms with E-state index in [4.69, 9.17) is 4.74 Å². The van der Waals surface area contributed by atoms with Crippen LogP contribution in [0.2, 0.25) is 0 Å². The van der Waals surface area contributed by atoms with Crippen LogP contribution >= 0.6 is 0 Å². The lowest BCUT2D eigenvalue weighted by atomic mass is 10.1. The van der Waals surface area contributed by atoms with E-state index in [1.54, 1.807) is 0 Å². The highest BCUT2D eigenvalue weighted by atomic mass is 19.4. The summed E-state index contributed by atoms with van der Waals surface area (Å²) < 4.78 is 45.0. The van der Waals surface area contributed by atoms with Crippen molar-refractivity contribution in [1.82, 2.24) is 4.90 Å². The number of benzene rings is 1. The van der Waals surface area contributed by atoms with Crippen molar-refractivity contribution in [2.45, 2.75) is 45.1 Å². The molecule has 1 amide bonds. The molecule has 2 atom stereocenters. The molecule has 0 aliphatic carbocycles. The van der Waals surface area contributed by atoms with Crippen LogP contribution in [0.5, 0.6) is 0 Å². The summed E-state index contributed by atoms with van der Waals surface area (Å²) >= 11 is 0. The van der Waals surface area contributed by atoms with Gasteiger partial charge in [0.2, 0.25) is 5.91 Å². The van der Waals surface area contributed by atoms with E-state index >= 15 is 0 Å². The molecule has 2 saturated heterocycles. The van der Waals surface area contributed by atoms with Gasteiger partial charge in [0.15, 0.2) is 0 Å². The predicted molar refractivity (Wildman–Crippen MR) is 98.0 cm³/mol. The number of carbonyl (C=O) groups is 1. The van der Waals surface area contributed by atoms with Crippen molar-refractivity contribution in [3.05, 3.63) is 23.8 Å². The van der Waals surface area contributed by atoms with Gasteiger partial charge in [-0.1, -0.05) is 0 Å². The Kier molecular flexibility index (Phi) is 5.95. The fourth-order valence-electron chi connectivity index (χ4n) is 3.85. The Morgan fingerprint density at radius 1 is 1.19 bits per heavy atom. The molecular formula is C19H26F3N3O2. The summed E-state index contributed by atoms with van der Waals surface area (Å²) in [7, 11) is 0. The molecule has 2 aliphatic rings. The first-order chi connectivity index (χ1) is 12.7. The van der Waals surface area contributed by atoms with Gasteiger partial charge < -0.3 is 15.0 Å². The first kappa shape index (κ1) is 19.9. The molecule has 2 fully saturated rings. The fraction of sp³-hybridized carbons (Fsp3) is 0.632. The van der Waals surface area contributed by atoms with Crippen LogP contribution in [0.3, 0.4) is 0 Å². The number of nitrogens with zero attached hydrogens (tertiary/aromatic N) is 2. The molecule has 0 spiro atoms. The van der Waals surface area contributed by atoms with Gasteiger partial charge in [-0.25, -0.2) is 0 Å². The van der Waals surface area contributed by atoms with E-state index in [2.05, 4.69) is 5.32 Å². The maximum absolute atomic E-state index is 13.1. The molecule has 0 aromatic heterocycles. The maximum Gasteiger partial charge on any atom is 0.416 e. The second-order valence-corrected chi connectivity index (χ2v) is 7.42. The monoisotopic (exact) mass is 385 g/mol. The second-order valence-electron chi connectivity index (χ2n) is 7.42. The molecular weight excluding hydrogens is 359 g/mol. The van der Waals surface area contributed by atoms with Gasteiger partial charge in [0.05, 0.1) is 35.7 Å². The second kappa shape index (κ2) is 8.06. The van der Waals surface area contributed by atoms with Gasteiger partial charge in [-0.2, -0.15) is 13.2 Å². The third-order valence-corrected chi connectivity index (χ3v) is 4.91. The van der Waals surface area contributed by atoms with Gasteiger partial charge in [-0.3, -0.25) is 9.69 Å². The normalized spacial score (nSPS) is 24.3. The highest BCUT2D eigenvalue weighted by Gasteiger charge is 2.32. The van der Waals surface area contributed by atoms with E-state index in [9.17, 15) is 18.0 Å². The van der Waals surface area contributed by atoms with Gasteiger partial charge in [-0.15, -0.1) is 0 Å². The van der Waals surface area contributed by atoms with Gasteiger partial charge in [0.1, 0.15) is 0 Å². The molecule has 2 aliphatic heterocycles. The first-order valence-corrected chi connectivity index (χ1v) is 9.36. The van der Waals surface area contributed by atoms with E-state index in [-0.39, 0.29) is 30.3 Å². The summed E-state index contributed by atoms with van der Waals surface area (Å²) in [5.41, 5.74) is 0.123. The Morgan fingerprint density at radius 2 is 1.81 bits per heavy atom. The van der Waals surface area contributed by atoms with Crippen molar-refractivity contribution < 1.29 is 22.7 Å². The molecule has 1 aromatic carbocycles. The van der Waals surface area contributed by atoms with E-state index in [1.807, 2.05) is 23.6 Å². The van der Waals surface area contributed by atoms with Gasteiger partial charge in [0, 0.05) is 26.2 Å². The van der Waals surface area contributed by atoms with Crippen molar-refractivity contribution in [2.75, 3.05) is 42.9 Å². The van der Waals surface area contributed by atoms with Crippen molar-refractivity contribution in [3.8, 4) is 0 Å². The van der Waals surface area contributed by atoms with Crippen LogP contribution < -0.4 is 10.2 Å². The van der Waals surface area contributed by atoms with Crippen molar-refractivity contribution in [3.63, 3.8) is 0 Å². The average molecular weight is 385 g/mol. The zero-order chi connectivity index (χ0) is 19.6. The molecule has 2 heterocycles. The van der Waals surface area contributed by atoms with Crippen LogP contribution in [-0.4, -0.2) is 55.7 Å². The minimum Gasteiger partial charge on any atom is -0.373 e. The quantitative estimate of drug-likeness (QED) is 0.863. The summed E-state index contributed by atoms with van der Waals surface area (Å²) in [5.74, 6) is -0.309. The van der Waals surface area contributed by atoms with Crippen molar-refractivity contribution >= 4 is 17.3 Å². The zero-order valence-corrected chi connectivity index (χ0v) is 15.7. The Labute approximate surface area is 157 Å². The number of amides is 1. The molecule has 1 N–H and O–H groups in total. The Hall–Kier alpha value is -1.80. The summed E-state index contributed by atoms with van der Waals surface area (Å²) in [4.78, 5) is 16.5. The SMILES string of the molecule is C[C@H]1CN(CC(=O)Nc2cc(C(F)(F)F)ccc2N2CCCC2)C[C@H](C)O1. The molecule has 0 radical (unpaired) electrons. The minimum atomic E-state index is -4.45. The summed E-state index contributed by atoms with van der Waals surface area (Å²) in [6.07, 6.45) is -2.40. The summed E-state index contributed by atoms with van der Waals surface area (Å²) in [5, 5.41) is 2.71. The molecule has 8 heteroatoms. The maximum atomic E-state index is 13.1. The van der Waals surface area contributed by atoms with E-state index in [1.165, 1.54) is 6.07 Å². The number of rotatable bonds is 4. The van der Waals surface area contributed by atoms with Crippen LogP contribution in [0, 0.1) is 0 Å². The average Bonchev–Trinajstić information content (AvgIpc) is 3.07. The number of hydrogen-bond acceptors (Lipinski definition) is 4. The highest BCUT2D eigenvalue weighted by Crippen LogP contribution is 2.36. The van der Waals surface area contributed by atoms with E-state index < -0.39 is 11.7 Å². The molecule has 150 valence electrons. The molecule has 0 bridgehead atoms. The van der Waals surface area contributed by atoms with Crippen LogP contribution in [0.25, 0.3) is 0 Å². The number of hydrogen-bond donors (Lipinski definition) is 1. The number of halogens is 3. The summed E-state index contributed by atoms with van der Waals surface area (Å²) in [6.45, 7) is 6.84. The number of nitrogens with one attached hydrogen (secondary N) is 1. The van der Waals surface area contributed by atoms with Gasteiger partial charge in [-0.05, 0) is 44.9 Å². The lowest BCUT2D eigenvalue weighted by Gasteiger charge is -2.34. The van der Waals surface area contributed by atoms with Crippen LogP contribution in [0.1, 0.15) is 32.3 Å². The van der Waals surface area contributed by atoms with E-state index in [0.717, 1.165) is 38.1 Å². The number of alkyl halides is 3. The lowest BCUT2D eigenvalue weighted by Crippen LogP contribution is -2.48. The Bertz CT molecular complexity index is 665. The molecule has 1 aromatic rings. The fourth-order valence-corrected chi connectivity index (χ4v) is 3.85. The molecule has 27 heavy (non-hydrogen) atoms. The summed E-state index contributed by atoms with van der Waals surface area (Å²) in [6, 6.07) is 3.58. The van der Waals surface area contributed by atoms with Crippen LogP contribution in [0.15, 0.2) is 18.2 Å². The standard InChI is InChI=1S/C19H26F3N3O2/c1-13-10-24(11-14(2)27-13)12-18(26)23-16-9-15(19(20,21)22)5-6-17(16)25-7-3-4-8-25/h5-6,9,13-14H,3-4,7-8,10-12H2,1-2H3,(H,23,26)/t13-,14-/m0/s1. The number of anilines is 2. The Balaban J connectivity index is 1.75. The lowest BCUT2D eigenvalue weighted by molar-refractivity contribution is -0.137. The molecule has 0 unspecified atom stereocenters. The largest absolute Gasteiger partial charge is 0.416 e. The van der Waals surface area contributed by atoms with Crippen molar-refractivity contribution in [1.29, 1.82) is 0 Å². The van der Waals surface area contributed by atoms with Gasteiger partial charge in [0.25, 0.3) is 0 Å². The predicted octanol–water partition coefficient (Wildman–Crippen LogP) is 3.35. The Morgan fingerprint density at radius 3 is 2.41 bits per heavy atom. The van der Waals surface area contributed by atoms with Gasteiger partial charge >= 0.3 is 6.18 Å². The van der Waals surface area contributed by atoms with Crippen LogP contribution in [-0.2, 0) is 15.7 Å². The number of ether oxygens (including phenoxy) is 1. The number of carbonyl (C=O) groups excluding carboxylic acids is 1. The zero-order valence-electron chi connectivity index (χ0n) is 15.7. The third kappa shape index (κ3) is 5.13. The van der Waals surface area contributed by atoms with E-state index in [0.29, 0.717) is 18.8 Å². The minimum absolute atomic E-state index is 0.0234. The highest BCUT2D eigenvalue weighted by molar-refractivity contribution is 5.95. The molecule has 5 nitrogen and oxygen atoms in total. The molecule has 0 saturated carbocycles. The molecule has 3 rings (SSSR count). The number of morpholine rings is 1. The van der Waals surface area contributed by atoms with Crippen LogP contribution in [0.4, 0.5) is 24.5 Å².